The van der Waals surface area contributed by atoms with E-state index < -0.39 is 11.9 Å². The van der Waals surface area contributed by atoms with Crippen molar-refractivity contribution in [3.05, 3.63) is 23.5 Å². The second-order valence-electron chi connectivity index (χ2n) is 5.80. The number of nitrogens with zero attached hydrogens (tertiary/aromatic N) is 5. The molecule has 0 unspecified atom stereocenters. The van der Waals surface area contributed by atoms with E-state index in [1.165, 1.54) is 4.90 Å². The molecule has 2 aromatic rings. The monoisotopic (exact) mass is 326 g/mol. The summed E-state index contributed by atoms with van der Waals surface area (Å²) in [6, 6.07) is 2.75. The van der Waals surface area contributed by atoms with Gasteiger partial charge in [0, 0.05) is 44.9 Å². The van der Waals surface area contributed by atoms with Crippen LogP contribution in [0.3, 0.4) is 0 Å². The molecular weight excluding hydrogens is 309 g/mol. The summed E-state index contributed by atoms with van der Waals surface area (Å²) in [4.78, 5) is 9.15. The summed E-state index contributed by atoms with van der Waals surface area (Å²) in [5.74, 6) is 0.985. The topological polar surface area (TPSA) is 58.9 Å². The second-order valence-corrected chi connectivity index (χ2v) is 5.80. The molecular formula is C14H17F3N6. The number of hydrogen-bond donors (Lipinski definition) is 1. The zero-order valence-corrected chi connectivity index (χ0v) is 13.0. The van der Waals surface area contributed by atoms with E-state index >= 15 is 0 Å². The molecule has 23 heavy (non-hydrogen) atoms. The Hall–Kier alpha value is -2.32. The van der Waals surface area contributed by atoms with Gasteiger partial charge in [-0.1, -0.05) is 0 Å². The van der Waals surface area contributed by atoms with Crippen molar-refractivity contribution >= 4 is 17.6 Å². The molecule has 0 spiro atoms. The summed E-state index contributed by atoms with van der Waals surface area (Å²) < 4.78 is 40.7. The molecule has 0 atom stereocenters. The Bertz CT molecular complexity index is 718. The maximum absolute atomic E-state index is 13.0. The molecule has 0 amide bonds. The van der Waals surface area contributed by atoms with Gasteiger partial charge in [-0.2, -0.15) is 23.3 Å². The molecule has 0 saturated heterocycles. The fourth-order valence-electron chi connectivity index (χ4n) is 2.28. The number of nitrogens with one attached hydrogen (secondary N) is 1. The van der Waals surface area contributed by atoms with E-state index in [1.807, 2.05) is 13.1 Å². The molecule has 2 aromatic heterocycles. The molecule has 0 radical (unpaired) electrons. The van der Waals surface area contributed by atoms with Crippen LogP contribution in [0.2, 0.25) is 0 Å². The normalized spacial score (nSPS) is 14.9. The minimum atomic E-state index is -4.53. The van der Waals surface area contributed by atoms with Crippen LogP contribution in [0.5, 0.6) is 0 Å². The lowest BCUT2D eigenvalue weighted by molar-refractivity contribution is -0.141. The maximum Gasteiger partial charge on any atom is 0.433 e. The van der Waals surface area contributed by atoms with Gasteiger partial charge in [0.15, 0.2) is 11.5 Å². The van der Waals surface area contributed by atoms with Gasteiger partial charge in [0.1, 0.15) is 5.82 Å². The molecule has 0 bridgehead atoms. The lowest BCUT2D eigenvalue weighted by Gasteiger charge is -2.15. The predicted octanol–water partition coefficient (Wildman–Crippen LogP) is 2.92. The van der Waals surface area contributed by atoms with Crippen molar-refractivity contribution in [2.45, 2.75) is 24.9 Å². The van der Waals surface area contributed by atoms with Crippen LogP contribution >= 0.6 is 0 Å². The number of hydrogen-bond acceptors (Lipinski definition) is 5. The van der Waals surface area contributed by atoms with Crippen LogP contribution in [-0.2, 0) is 13.2 Å². The van der Waals surface area contributed by atoms with E-state index in [-0.39, 0.29) is 11.8 Å². The Balaban J connectivity index is 1.92. The SMILES string of the molecule is CN(C)c1cc(C(F)(F)F)nc(Nc2cc(C3CC3)n(C)n2)n1. The summed E-state index contributed by atoms with van der Waals surface area (Å²) in [6.07, 6.45) is -2.30. The average Bonchev–Trinajstić information content (AvgIpc) is 3.22. The molecule has 124 valence electrons. The maximum atomic E-state index is 13.0. The van der Waals surface area contributed by atoms with E-state index in [9.17, 15) is 13.2 Å². The van der Waals surface area contributed by atoms with Crippen molar-refractivity contribution in [2.75, 3.05) is 24.3 Å². The molecule has 1 aliphatic rings. The zero-order valence-electron chi connectivity index (χ0n) is 13.0. The summed E-state index contributed by atoms with van der Waals surface area (Å²) in [6.45, 7) is 0. The van der Waals surface area contributed by atoms with Crippen molar-refractivity contribution < 1.29 is 13.2 Å². The van der Waals surface area contributed by atoms with Gasteiger partial charge in [0.2, 0.25) is 5.95 Å². The van der Waals surface area contributed by atoms with E-state index in [1.54, 1.807) is 18.8 Å². The standard InChI is InChI=1S/C14H17F3N6/c1-22(2)12-7-10(14(15,16)17)18-13(20-12)19-11-6-9(8-4-5-8)23(3)21-11/h6-8H,4-5H2,1-3H3,(H,18,19,20,21). The molecule has 6 nitrogen and oxygen atoms in total. The first-order valence-electron chi connectivity index (χ1n) is 7.18. The molecule has 9 heteroatoms. The molecule has 0 aliphatic heterocycles. The predicted molar refractivity (Wildman–Crippen MR) is 79.8 cm³/mol. The summed E-state index contributed by atoms with van der Waals surface area (Å²) in [5, 5.41) is 7.04. The number of halogens is 3. The van der Waals surface area contributed by atoms with Gasteiger partial charge in [-0.15, -0.1) is 0 Å². The highest BCUT2D eigenvalue weighted by Crippen LogP contribution is 2.40. The van der Waals surface area contributed by atoms with Crippen molar-refractivity contribution in [3.63, 3.8) is 0 Å². The molecule has 2 heterocycles. The van der Waals surface area contributed by atoms with Gasteiger partial charge < -0.3 is 10.2 Å². The first kappa shape index (κ1) is 15.6. The zero-order chi connectivity index (χ0) is 16.8. The molecule has 1 saturated carbocycles. The quantitative estimate of drug-likeness (QED) is 0.936. The van der Waals surface area contributed by atoms with Crippen LogP contribution in [0, 0.1) is 0 Å². The van der Waals surface area contributed by atoms with E-state index in [0.717, 1.165) is 24.6 Å². The number of aryl methyl sites for hydroxylation is 1. The molecule has 1 N–H and O–H groups in total. The third-order valence-corrected chi connectivity index (χ3v) is 3.61. The average molecular weight is 326 g/mol. The van der Waals surface area contributed by atoms with Crippen LogP contribution in [0.25, 0.3) is 0 Å². The van der Waals surface area contributed by atoms with E-state index in [4.69, 9.17) is 0 Å². The van der Waals surface area contributed by atoms with E-state index in [0.29, 0.717) is 11.7 Å². The number of aromatic nitrogens is 4. The van der Waals surface area contributed by atoms with Crippen LogP contribution in [0.15, 0.2) is 12.1 Å². The van der Waals surface area contributed by atoms with Crippen molar-refractivity contribution in [2.24, 2.45) is 7.05 Å². The minimum absolute atomic E-state index is 0.121. The fourth-order valence-corrected chi connectivity index (χ4v) is 2.28. The third-order valence-electron chi connectivity index (χ3n) is 3.61. The summed E-state index contributed by atoms with van der Waals surface area (Å²) >= 11 is 0. The molecule has 3 rings (SSSR count). The molecule has 1 fully saturated rings. The Morgan fingerprint density at radius 2 is 1.91 bits per heavy atom. The smallest absolute Gasteiger partial charge is 0.363 e. The Kier molecular flexibility index (Phi) is 3.65. The first-order valence-corrected chi connectivity index (χ1v) is 7.18. The molecule has 0 aromatic carbocycles. The number of anilines is 3. The Morgan fingerprint density at radius 1 is 1.22 bits per heavy atom. The largest absolute Gasteiger partial charge is 0.433 e. The van der Waals surface area contributed by atoms with Gasteiger partial charge in [-0.05, 0) is 12.8 Å². The van der Waals surface area contributed by atoms with Crippen LogP contribution in [0.4, 0.5) is 30.8 Å². The highest BCUT2D eigenvalue weighted by Gasteiger charge is 2.34. The Labute approximate surface area is 131 Å². The van der Waals surface area contributed by atoms with Gasteiger partial charge in [0.05, 0.1) is 0 Å². The molecule has 1 aliphatic carbocycles. The first-order chi connectivity index (χ1) is 10.7. The minimum Gasteiger partial charge on any atom is -0.363 e. The van der Waals surface area contributed by atoms with Crippen LogP contribution in [-0.4, -0.2) is 33.8 Å². The summed E-state index contributed by atoms with van der Waals surface area (Å²) in [7, 11) is 5.06. The third kappa shape index (κ3) is 3.38. The van der Waals surface area contributed by atoms with Crippen LogP contribution < -0.4 is 10.2 Å². The lowest BCUT2D eigenvalue weighted by atomic mass is 10.3. The lowest BCUT2D eigenvalue weighted by Crippen LogP contribution is -2.16. The Morgan fingerprint density at radius 3 is 2.48 bits per heavy atom. The van der Waals surface area contributed by atoms with Gasteiger partial charge >= 0.3 is 6.18 Å². The van der Waals surface area contributed by atoms with Crippen LogP contribution in [0.1, 0.15) is 30.1 Å². The highest BCUT2D eigenvalue weighted by molar-refractivity contribution is 5.53. The summed E-state index contributed by atoms with van der Waals surface area (Å²) in [5.41, 5.74) is 0.0735. The second kappa shape index (κ2) is 5.39. The fraction of sp³-hybridized carbons (Fsp3) is 0.500. The van der Waals surface area contributed by atoms with Crippen molar-refractivity contribution in [1.82, 2.24) is 19.7 Å². The number of rotatable bonds is 4. The van der Waals surface area contributed by atoms with E-state index in [2.05, 4.69) is 20.4 Å². The van der Waals surface area contributed by atoms with Gasteiger partial charge in [-0.3, -0.25) is 4.68 Å². The number of alkyl halides is 3. The highest BCUT2D eigenvalue weighted by atomic mass is 19.4. The van der Waals surface area contributed by atoms with Gasteiger partial charge in [-0.25, -0.2) is 4.98 Å². The van der Waals surface area contributed by atoms with Crippen molar-refractivity contribution in [3.8, 4) is 0 Å². The van der Waals surface area contributed by atoms with Crippen molar-refractivity contribution in [1.29, 1.82) is 0 Å². The van der Waals surface area contributed by atoms with Gasteiger partial charge in [0.25, 0.3) is 0 Å².